The smallest absolute Gasteiger partial charge is 0.337 e. The molecule has 1 N–H and O–H groups in total. The van der Waals surface area contributed by atoms with E-state index in [9.17, 15) is 14.9 Å². The molecule has 0 spiro atoms. The summed E-state index contributed by atoms with van der Waals surface area (Å²) in [4.78, 5) is 26.1. The van der Waals surface area contributed by atoms with E-state index in [2.05, 4.69) is 11.4 Å². The number of thioether (sulfide) groups is 1. The third-order valence-corrected chi connectivity index (χ3v) is 6.83. The van der Waals surface area contributed by atoms with Gasteiger partial charge in [0.2, 0.25) is 0 Å². The van der Waals surface area contributed by atoms with E-state index in [0.29, 0.717) is 22.2 Å². The molecule has 1 unspecified atom stereocenters. The molecule has 3 aromatic rings. The van der Waals surface area contributed by atoms with Crippen LogP contribution in [-0.4, -0.2) is 31.2 Å². The number of Topliss-reactive ketones (excluding diaryl/α,β-unsaturated/α-hetero) is 1. The number of nitriles is 1. The maximum atomic E-state index is 13.2. The number of allylic oxidation sites excluding steroid dienone is 1. The van der Waals surface area contributed by atoms with Gasteiger partial charge in [0.05, 0.1) is 59.6 Å². The fraction of sp³-hybridized carbons (Fsp3) is 0.207. The summed E-state index contributed by atoms with van der Waals surface area (Å²) in [6, 6.07) is 22.4. The molecule has 0 aliphatic carbocycles. The lowest BCUT2D eigenvalue weighted by Gasteiger charge is -2.29. The standard InChI is InChI=1S/C29H26N2O5S/c1-3-35-29(33)26-25(24-13-8-14-36-24)23(17-30)28(31-27(26)20-10-5-4-6-11-20)37-18-21(32)15-19-9-7-12-22(16-19)34-2/h4-14,16,25,31H,3,15,18H2,1-2H3. The second-order valence-corrected chi connectivity index (χ2v) is 9.14. The van der Waals surface area contributed by atoms with Crippen molar-refractivity contribution in [1.29, 1.82) is 5.26 Å². The Morgan fingerprint density at radius 3 is 2.59 bits per heavy atom. The van der Waals surface area contributed by atoms with Crippen molar-refractivity contribution in [2.24, 2.45) is 0 Å². The van der Waals surface area contributed by atoms with Gasteiger partial charge in [0.25, 0.3) is 0 Å². The van der Waals surface area contributed by atoms with Gasteiger partial charge in [0.1, 0.15) is 17.3 Å². The molecule has 4 rings (SSSR count). The molecule has 0 amide bonds. The molecule has 188 valence electrons. The number of ether oxygens (including phenoxy) is 2. The molecule has 1 atom stereocenters. The molecule has 37 heavy (non-hydrogen) atoms. The van der Waals surface area contributed by atoms with E-state index in [-0.39, 0.29) is 35.7 Å². The number of furan rings is 1. The zero-order valence-corrected chi connectivity index (χ0v) is 21.3. The minimum absolute atomic E-state index is 0.0131. The Bertz CT molecular complexity index is 1370. The van der Waals surface area contributed by atoms with Gasteiger partial charge < -0.3 is 19.2 Å². The number of ketones is 1. The van der Waals surface area contributed by atoms with E-state index < -0.39 is 11.9 Å². The van der Waals surface area contributed by atoms with Crippen LogP contribution < -0.4 is 10.1 Å². The lowest BCUT2D eigenvalue weighted by atomic mass is 9.84. The highest BCUT2D eigenvalue weighted by atomic mass is 32.2. The molecular formula is C29H26N2O5S. The number of rotatable bonds is 10. The molecule has 0 radical (unpaired) electrons. The van der Waals surface area contributed by atoms with E-state index in [4.69, 9.17) is 13.9 Å². The van der Waals surface area contributed by atoms with Crippen LogP contribution in [0.1, 0.15) is 29.7 Å². The first-order chi connectivity index (χ1) is 18.0. The van der Waals surface area contributed by atoms with E-state index in [0.717, 1.165) is 11.1 Å². The minimum Gasteiger partial charge on any atom is -0.497 e. The number of hydrogen-bond donors (Lipinski definition) is 1. The highest BCUT2D eigenvalue weighted by Crippen LogP contribution is 2.43. The second kappa shape index (κ2) is 12.2. The number of hydrogen-bond acceptors (Lipinski definition) is 8. The third-order valence-electron chi connectivity index (χ3n) is 5.75. The summed E-state index contributed by atoms with van der Waals surface area (Å²) in [6.07, 6.45) is 1.73. The van der Waals surface area contributed by atoms with Gasteiger partial charge in [0.15, 0.2) is 0 Å². The molecular weight excluding hydrogens is 488 g/mol. The first kappa shape index (κ1) is 25.9. The van der Waals surface area contributed by atoms with Gasteiger partial charge in [-0.3, -0.25) is 4.79 Å². The Labute approximate surface area is 219 Å². The van der Waals surface area contributed by atoms with Crippen LogP contribution in [-0.2, 0) is 20.7 Å². The van der Waals surface area contributed by atoms with Crippen molar-refractivity contribution in [3.63, 3.8) is 0 Å². The fourth-order valence-electron chi connectivity index (χ4n) is 4.11. The van der Waals surface area contributed by atoms with Crippen LogP contribution >= 0.6 is 11.8 Å². The number of benzene rings is 2. The monoisotopic (exact) mass is 514 g/mol. The topological polar surface area (TPSA) is 102 Å². The van der Waals surface area contributed by atoms with Crippen LogP contribution in [0, 0.1) is 11.3 Å². The van der Waals surface area contributed by atoms with Crippen LogP contribution in [0.2, 0.25) is 0 Å². The summed E-state index contributed by atoms with van der Waals surface area (Å²) in [7, 11) is 1.58. The van der Waals surface area contributed by atoms with Crippen LogP contribution in [0.15, 0.2) is 93.6 Å². The molecule has 1 aliphatic heterocycles. The SMILES string of the molecule is CCOC(=O)C1=C(c2ccccc2)NC(SCC(=O)Cc2cccc(OC)c2)=C(C#N)C1c1ccco1. The quantitative estimate of drug-likeness (QED) is 0.367. The largest absolute Gasteiger partial charge is 0.497 e. The molecule has 7 nitrogen and oxygen atoms in total. The van der Waals surface area contributed by atoms with Gasteiger partial charge in [-0.05, 0) is 42.3 Å². The molecule has 1 aliphatic rings. The van der Waals surface area contributed by atoms with Crippen molar-refractivity contribution in [1.82, 2.24) is 5.32 Å². The van der Waals surface area contributed by atoms with Crippen LogP contribution in [0.25, 0.3) is 5.70 Å². The molecule has 0 fully saturated rings. The minimum atomic E-state index is -0.786. The summed E-state index contributed by atoms with van der Waals surface area (Å²) in [5, 5.41) is 14.0. The zero-order chi connectivity index (χ0) is 26.2. The summed E-state index contributed by atoms with van der Waals surface area (Å²) in [5.41, 5.74) is 2.68. The number of carbonyl (C=O) groups is 2. The average Bonchev–Trinajstić information content (AvgIpc) is 3.46. The summed E-state index contributed by atoms with van der Waals surface area (Å²) in [5.74, 6) is -0.0810. The normalized spacial score (nSPS) is 15.1. The molecule has 8 heteroatoms. The predicted molar refractivity (Wildman–Crippen MR) is 141 cm³/mol. The number of nitrogens with one attached hydrogen (secondary N) is 1. The van der Waals surface area contributed by atoms with Crippen molar-refractivity contribution in [2.45, 2.75) is 19.3 Å². The van der Waals surface area contributed by atoms with Gasteiger partial charge in [-0.25, -0.2) is 4.79 Å². The van der Waals surface area contributed by atoms with Gasteiger partial charge in [-0.15, -0.1) is 0 Å². The summed E-state index contributed by atoms with van der Waals surface area (Å²) < 4.78 is 16.3. The lowest BCUT2D eigenvalue weighted by Crippen LogP contribution is -2.29. The molecule has 0 saturated heterocycles. The molecule has 2 heterocycles. The van der Waals surface area contributed by atoms with E-state index >= 15 is 0 Å². The number of esters is 1. The van der Waals surface area contributed by atoms with E-state index in [1.54, 1.807) is 26.2 Å². The van der Waals surface area contributed by atoms with Gasteiger partial charge in [-0.2, -0.15) is 5.26 Å². The van der Waals surface area contributed by atoms with Gasteiger partial charge in [-0.1, -0.05) is 54.2 Å². The predicted octanol–water partition coefficient (Wildman–Crippen LogP) is 5.23. The van der Waals surface area contributed by atoms with E-state index in [1.165, 1.54) is 18.0 Å². The van der Waals surface area contributed by atoms with Crippen molar-refractivity contribution in [3.05, 3.63) is 106 Å². The molecule has 2 aromatic carbocycles. The highest BCUT2D eigenvalue weighted by molar-refractivity contribution is 8.03. The molecule has 0 bridgehead atoms. The van der Waals surface area contributed by atoms with Crippen molar-refractivity contribution in [2.75, 3.05) is 19.5 Å². The number of nitrogens with zero attached hydrogens (tertiary/aromatic N) is 1. The van der Waals surface area contributed by atoms with Crippen molar-refractivity contribution >= 4 is 29.2 Å². The number of methoxy groups -OCH3 is 1. The van der Waals surface area contributed by atoms with Crippen LogP contribution in [0.3, 0.4) is 0 Å². The van der Waals surface area contributed by atoms with Crippen LogP contribution in [0.5, 0.6) is 5.75 Å². The van der Waals surface area contributed by atoms with E-state index in [1.807, 2.05) is 54.6 Å². The Morgan fingerprint density at radius 2 is 1.92 bits per heavy atom. The first-order valence-electron chi connectivity index (χ1n) is 11.7. The van der Waals surface area contributed by atoms with Crippen molar-refractivity contribution < 1.29 is 23.5 Å². The molecule has 0 saturated carbocycles. The van der Waals surface area contributed by atoms with Crippen LogP contribution in [0.4, 0.5) is 0 Å². The Balaban J connectivity index is 1.69. The second-order valence-electron chi connectivity index (χ2n) is 8.16. The first-order valence-corrected chi connectivity index (χ1v) is 12.7. The highest BCUT2D eigenvalue weighted by Gasteiger charge is 2.38. The van der Waals surface area contributed by atoms with Crippen molar-refractivity contribution in [3.8, 4) is 11.8 Å². The Morgan fingerprint density at radius 1 is 1.11 bits per heavy atom. The average molecular weight is 515 g/mol. The maximum Gasteiger partial charge on any atom is 0.337 e. The zero-order valence-electron chi connectivity index (χ0n) is 20.5. The Kier molecular flexibility index (Phi) is 8.49. The summed E-state index contributed by atoms with van der Waals surface area (Å²) >= 11 is 1.23. The van der Waals surface area contributed by atoms with Gasteiger partial charge in [0, 0.05) is 6.42 Å². The van der Waals surface area contributed by atoms with Gasteiger partial charge >= 0.3 is 5.97 Å². The number of carbonyl (C=O) groups excluding carboxylic acids is 2. The lowest BCUT2D eigenvalue weighted by molar-refractivity contribution is -0.138. The third kappa shape index (κ3) is 5.96. The Hall–Kier alpha value is -4.22. The fourth-order valence-corrected chi connectivity index (χ4v) is 5.01. The number of dihydropyridines is 1. The molecule has 1 aromatic heterocycles. The summed E-state index contributed by atoms with van der Waals surface area (Å²) in [6.45, 7) is 1.91. The maximum absolute atomic E-state index is 13.2.